The first-order valence-corrected chi connectivity index (χ1v) is 3.98. The molecule has 0 fully saturated rings. The third-order valence-electron chi connectivity index (χ3n) is 1.34. The van der Waals surface area contributed by atoms with Crippen LogP contribution >= 0.6 is 23.2 Å². The molecular weight excluding hydrogens is 201 g/mol. The molecular formula is C7H7Cl2NO2. The van der Waals surface area contributed by atoms with E-state index in [1.807, 2.05) is 0 Å². The zero-order valence-corrected chi connectivity index (χ0v) is 7.55. The number of hydrogen-bond donors (Lipinski definition) is 1. The molecule has 1 atom stereocenters. The predicted octanol–water partition coefficient (Wildman–Crippen LogP) is 1.75. The number of halogens is 2. The van der Waals surface area contributed by atoms with E-state index in [0.29, 0.717) is 0 Å². The van der Waals surface area contributed by atoms with Gasteiger partial charge in [-0.2, -0.15) is 0 Å². The molecule has 0 aliphatic heterocycles. The van der Waals surface area contributed by atoms with Crippen molar-refractivity contribution in [2.75, 3.05) is 0 Å². The summed E-state index contributed by atoms with van der Waals surface area (Å²) in [5.74, 6) is 0. The largest absolute Gasteiger partial charge is 0.439 e. The maximum absolute atomic E-state index is 10.4. The first-order chi connectivity index (χ1) is 5.52. The Labute approximate surface area is 79.8 Å². The summed E-state index contributed by atoms with van der Waals surface area (Å²) in [7, 11) is 0. The van der Waals surface area contributed by atoms with Crippen molar-refractivity contribution in [2.24, 2.45) is 5.73 Å². The van der Waals surface area contributed by atoms with Gasteiger partial charge in [-0.15, -0.1) is 0 Å². The van der Waals surface area contributed by atoms with Gasteiger partial charge in [-0.1, -0.05) is 35.4 Å². The van der Waals surface area contributed by atoms with Gasteiger partial charge in [-0.3, -0.25) is 0 Å². The highest BCUT2D eigenvalue weighted by atomic mass is 35.5. The standard InChI is InChI=1S/C7H7Cl2NO2/c8-7(9)4-2-1-3-5(7)12-6(10)11/h1-5H,(H2,10,11). The number of carbonyl (C=O) groups is 1. The van der Waals surface area contributed by atoms with Crippen LogP contribution in [0.25, 0.3) is 0 Å². The molecule has 0 heterocycles. The van der Waals surface area contributed by atoms with Crippen molar-refractivity contribution in [1.82, 2.24) is 0 Å². The highest BCUT2D eigenvalue weighted by Gasteiger charge is 2.34. The minimum atomic E-state index is -1.22. The molecule has 0 spiro atoms. The van der Waals surface area contributed by atoms with E-state index in [0.717, 1.165) is 0 Å². The van der Waals surface area contributed by atoms with Crippen molar-refractivity contribution >= 4 is 29.3 Å². The summed E-state index contributed by atoms with van der Waals surface area (Å²) in [5.41, 5.74) is 4.81. The van der Waals surface area contributed by atoms with Crippen LogP contribution in [0.2, 0.25) is 0 Å². The Morgan fingerprint density at radius 1 is 1.50 bits per heavy atom. The fraction of sp³-hybridized carbons (Fsp3) is 0.286. The third kappa shape index (κ3) is 2.16. The molecule has 1 aliphatic rings. The molecule has 1 amide bonds. The Balaban J connectivity index is 2.70. The first-order valence-electron chi connectivity index (χ1n) is 3.22. The van der Waals surface area contributed by atoms with Crippen LogP contribution < -0.4 is 5.73 Å². The Kier molecular flexibility index (Phi) is 2.65. The molecule has 5 heteroatoms. The molecule has 66 valence electrons. The second-order valence-electron chi connectivity index (χ2n) is 2.28. The molecule has 1 unspecified atom stereocenters. The Morgan fingerprint density at radius 3 is 2.67 bits per heavy atom. The van der Waals surface area contributed by atoms with Crippen LogP contribution in [0, 0.1) is 0 Å². The second kappa shape index (κ2) is 3.37. The third-order valence-corrected chi connectivity index (χ3v) is 2.02. The van der Waals surface area contributed by atoms with Crippen molar-refractivity contribution in [3.8, 4) is 0 Å². The van der Waals surface area contributed by atoms with Gasteiger partial charge in [-0.05, 0) is 12.2 Å². The van der Waals surface area contributed by atoms with E-state index in [2.05, 4.69) is 4.74 Å². The number of rotatable bonds is 1. The van der Waals surface area contributed by atoms with Crippen molar-refractivity contribution in [3.63, 3.8) is 0 Å². The zero-order chi connectivity index (χ0) is 9.19. The minimum Gasteiger partial charge on any atom is -0.439 e. The number of alkyl halides is 2. The normalized spacial score (nSPS) is 25.3. The molecule has 0 bridgehead atoms. The number of ether oxygens (including phenoxy) is 1. The summed E-state index contributed by atoms with van der Waals surface area (Å²) in [6.45, 7) is 0. The van der Waals surface area contributed by atoms with E-state index in [-0.39, 0.29) is 0 Å². The molecule has 0 radical (unpaired) electrons. The monoisotopic (exact) mass is 207 g/mol. The molecule has 0 saturated heterocycles. The van der Waals surface area contributed by atoms with E-state index in [4.69, 9.17) is 28.9 Å². The fourth-order valence-corrected chi connectivity index (χ4v) is 1.20. The van der Waals surface area contributed by atoms with Crippen LogP contribution in [0.1, 0.15) is 0 Å². The highest BCUT2D eigenvalue weighted by molar-refractivity contribution is 6.50. The fourth-order valence-electron chi connectivity index (χ4n) is 0.815. The summed E-state index contributed by atoms with van der Waals surface area (Å²) in [6, 6.07) is 0. The van der Waals surface area contributed by atoms with Crippen LogP contribution in [-0.4, -0.2) is 16.5 Å². The average Bonchev–Trinajstić information content (AvgIpc) is 1.92. The maximum atomic E-state index is 10.4. The molecule has 12 heavy (non-hydrogen) atoms. The SMILES string of the molecule is NC(=O)OC1C=CC=CC1(Cl)Cl. The van der Waals surface area contributed by atoms with E-state index in [1.54, 1.807) is 18.2 Å². The molecule has 0 aromatic rings. The maximum Gasteiger partial charge on any atom is 0.405 e. The molecule has 1 rings (SSSR count). The van der Waals surface area contributed by atoms with E-state index >= 15 is 0 Å². The van der Waals surface area contributed by atoms with Crippen LogP contribution in [0.4, 0.5) is 4.79 Å². The van der Waals surface area contributed by atoms with Gasteiger partial charge in [0.2, 0.25) is 0 Å². The first kappa shape index (κ1) is 9.42. The number of primary amides is 1. The van der Waals surface area contributed by atoms with Crippen LogP contribution in [0.15, 0.2) is 24.3 Å². The van der Waals surface area contributed by atoms with Crippen molar-refractivity contribution in [3.05, 3.63) is 24.3 Å². The molecule has 0 aromatic heterocycles. The van der Waals surface area contributed by atoms with Crippen molar-refractivity contribution < 1.29 is 9.53 Å². The number of allylic oxidation sites excluding steroid dienone is 2. The average molecular weight is 208 g/mol. The number of carbonyl (C=O) groups excluding carboxylic acids is 1. The van der Waals surface area contributed by atoms with Crippen LogP contribution in [0.5, 0.6) is 0 Å². The van der Waals surface area contributed by atoms with Gasteiger partial charge in [0.05, 0.1) is 0 Å². The topological polar surface area (TPSA) is 52.3 Å². The second-order valence-corrected chi connectivity index (χ2v) is 3.72. The van der Waals surface area contributed by atoms with Crippen molar-refractivity contribution in [2.45, 2.75) is 10.4 Å². The minimum absolute atomic E-state index is 0.719. The number of nitrogens with two attached hydrogens (primary N) is 1. The molecule has 3 nitrogen and oxygen atoms in total. The number of hydrogen-bond acceptors (Lipinski definition) is 2. The summed E-state index contributed by atoms with van der Waals surface area (Å²) in [5, 5.41) is 0. The Morgan fingerprint density at radius 2 is 2.17 bits per heavy atom. The summed E-state index contributed by atoms with van der Waals surface area (Å²) >= 11 is 11.6. The smallest absolute Gasteiger partial charge is 0.405 e. The Bertz CT molecular complexity index is 248. The molecule has 0 saturated carbocycles. The van der Waals surface area contributed by atoms with Crippen molar-refractivity contribution in [1.29, 1.82) is 0 Å². The highest BCUT2D eigenvalue weighted by Crippen LogP contribution is 2.32. The molecule has 2 N–H and O–H groups in total. The summed E-state index contributed by atoms with van der Waals surface area (Å²) in [6.07, 6.45) is 4.81. The predicted molar refractivity (Wildman–Crippen MR) is 47.2 cm³/mol. The lowest BCUT2D eigenvalue weighted by atomic mass is 10.1. The van der Waals surface area contributed by atoms with Gasteiger partial charge < -0.3 is 10.5 Å². The van der Waals surface area contributed by atoms with Gasteiger partial charge in [0.1, 0.15) is 0 Å². The lowest BCUT2D eigenvalue weighted by molar-refractivity contribution is 0.126. The molecule has 1 aliphatic carbocycles. The summed E-state index contributed by atoms with van der Waals surface area (Å²) < 4.78 is 3.42. The van der Waals surface area contributed by atoms with Gasteiger partial charge in [0.15, 0.2) is 10.4 Å². The van der Waals surface area contributed by atoms with Crippen LogP contribution in [0.3, 0.4) is 0 Å². The molecule has 0 aromatic carbocycles. The lowest BCUT2D eigenvalue weighted by Gasteiger charge is -2.25. The summed E-state index contributed by atoms with van der Waals surface area (Å²) in [4.78, 5) is 10.4. The van der Waals surface area contributed by atoms with E-state index in [1.165, 1.54) is 6.08 Å². The van der Waals surface area contributed by atoms with Crippen LogP contribution in [-0.2, 0) is 4.74 Å². The van der Waals surface area contributed by atoms with Gasteiger partial charge >= 0.3 is 6.09 Å². The van der Waals surface area contributed by atoms with Gasteiger partial charge in [0, 0.05) is 0 Å². The quantitative estimate of drug-likeness (QED) is 0.667. The van der Waals surface area contributed by atoms with Gasteiger partial charge in [-0.25, -0.2) is 4.79 Å². The van der Waals surface area contributed by atoms with E-state index < -0.39 is 16.5 Å². The van der Waals surface area contributed by atoms with E-state index in [9.17, 15) is 4.79 Å². The lowest BCUT2D eigenvalue weighted by Crippen LogP contribution is -2.35. The van der Waals surface area contributed by atoms with Gasteiger partial charge in [0.25, 0.3) is 0 Å². The zero-order valence-electron chi connectivity index (χ0n) is 6.04. The Hall–Kier alpha value is -0.670. The number of amides is 1.